The zero-order valence-corrected chi connectivity index (χ0v) is 15.1. The maximum Gasteiger partial charge on any atom is 0.274 e. The molecule has 24 heavy (non-hydrogen) atoms. The number of nitrogens with zero attached hydrogens (tertiary/aromatic N) is 3. The Labute approximate surface area is 147 Å². The lowest BCUT2D eigenvalue weighted by molar-refractivity contribution is 0.102. The van der Waals surface area contributed by atoms with Gasteiger partial charge >= 0.3 is 0 Å². The summed E-state index contributed by atoms with van der Waals surface area (Å²) in [5.41, 5.74) is 1.93. The third kappa shape index (κ3) is 5.18. The van der Waals surface area contributed by atoms with Gasteiger partial charge in [0.1, 0.15) is 17.3 Å². The van der Waals surface area contributed by atoms with E-state index in [1.807, 2.05) is 21.0 Å². The smallest absolute Gasteiger partial charge is 0.274 e. The van der Waals surface area contributed by atoms with Crippen molar-refractivity contribution in [2.75, 3.05) is 37.8 Å². The Morgan fingerprint density at radius 3 is 2.62 bits per heavy atom. The molecule has 0 fully saturated rings. The molecule has 128 valence electrons. The Hall–Kier alpha value is -2.18. The number of nitrogens with one attached hydrogen (secondary N) is 2. The number of anilines is 2. The fourth-order valence-corrected chi connectivity index (χ4v) is 2.36. The Morgan fingerprint density at radius 1 is 1.21 bits per heavy atom. The summed E-state index contributed by atoms with van der Waals surface area (Å²) in [7, 11) is 4.00. The summed E-state index contributed by atoms with van der Waals surface area (Å²) in [5, 5.41) is 6.70. The van der Waals surface area contributed by atoms with Crippen molar-refractivity contribution in [1.29, 1.82) is 0 Å². The van der Waals surface area contributed by atoms with Gasteiger partial charge in [0.2, 0.25) is 0 Å². The van der Waals surface area contributed by atoms with Crippen molar-refractivity contribution in [2.45, 2.75) is 13.8 Å². The van der Waals surface area contributed by atoms with Gasteiger partial charge in [-0.1, -0.05) is 11.6 Å². The third-order valence-corrected chi connectivity index (χ3v) is 3.61. The number of benzene rings is 1. The summed E-state index contributed by atoms with van der Waals surface area (Å²) in [6.07, 6.45) is 0. The van der Waals surface area contributed by atoms with E-state index >= 15 is 0 Å². The normalized spacial score (nSPS) is 10.8. The Bertz CT molecular complexity index is 733. The third-order valence-electron chi connectivity index (χ3n) is 3.37. The van der Waals surface area contributed by atoms with Gasteiger partial charge in [-0.05, 0) is 51.7 Å². The van der Waals surface area contributed by atoms with Crippen LogP contribution in [0.2, 0.25) is 5.02 Å². The lowest BCUT2D eigenvalue weighted by atomic mass is 10.2. The van der Waals surface area contributed by atoms with Crippen LogP contribution in [-0.4, -0.2) is 48.0 Å². The minimum absolute atomic E-state index is 0.276. The van der Waals surface area contributed by atoms with Gasteiger partial charge in [-0.15, -0.1) is 0 Å². The average Bonchev–Trinajstić information content (AvgIpc) is 2.49. The molecule has 0 radical (unpaired) electrons. The van der Waals surface area contributed by atoms with Crippen LogP contribution in [0.25, 0.3) is 0 Å². The first-order valence-corrected chi connectivity index (χ1v) is 8.05. The standard InChI is InChI=1S/C17H22ClN5O/c1-11-9-13(18)5-6-14(11)22-17(24)15-10-16(21-12(2)20-15)19-7-8-23(3)4/h5-6,9-10H,7-8H2,1-4H3,(H,22,24)(H,19,20,21). The second-order valence-electron chi connectivity index (χ2n) is 5.83. The molecule has 0 atom stereocenters. The minimum Gasteiger partial charge on any atom is -0.369 e. The van der Waals surface area contributed by atoms with Crippen LogP contribution in [0.5, 0.6) is 0 Å². The molecule has 2 N–H and O–H groups in total. The van der Waals surface area contributed by atoms with Crippen LogP contribution in [0.4, 0.5) is 11.5 Å². The zero-order chi connectivity index (χ0) is 17.7. The molecule has 1 aromatic heterocycles. The number of aromatic nitrogens is 2. The van der Waals surface area contributed by atoms with E-state index in [-0.39, 0.29) is 5.91 Å². The van der Waals surface area contributed by atoms with Crippen LogP contribution >= 0.6 is 11.6 Å². The molecule has 7 heteroatoms. The molecule has 6 nitrogen and oxygen atoms in total. The van der Waals surface area contributed by atoms with Crippen LogP contribution in [-0.2, 0) is 0 Å². The molecule has 0 saturated carbocycles. The van der Waals surface area contributed by atoms with Crippen LogP contribution in [0, 0.1) is 13.8 Å². The van der Waals surface area contributed by atoms with Crippen LogP contribution in [0.3, 0.4) is 0 Å². The Balaban J connectivity index is 2.12. The molecule has 0 aliphatic heterocycles. The van der Waals surface area contributed by atoms with Crippen molar-refractivity contribution in [1.82, 2.24) is 14.9 Å². The number of amides is 1. The number of carbonyl (C=O) groups excluding carboxylic acids is 1. The van der Waals surface area contributed by atoms with Gasteiger partial charge in [0, 0.05) is 29.9 Å². The Morgan fingerprint density at radius 2 is 1.96 bits per heavy atom. The van der Waals surface area contributed by atoms with E-state index in [1.54, 1.807) is 31.2 Å². The lowest BCUT2D eigenvalue weighted by Crippen LogP contribution is -2.22. The summed E-state index contributed by atoms with van der Waals surface area (Å²) in [6, 6.07) is 6.98. The molecular weight excluding hydrogens is 326 g/mol. The van der Waals surface area contributed by atoms with Crippen molar-refractivity contribution >= 4 is 29.0 Å². The fraction of sp³-hybridized carbons (Fsp3) is 0.353. The summed E-state index contributed by atoms with van der Waals surface area (Å²) in [4.78, 5) is 23.1. The fourth-order valence-electron chi connectivity index (χ4n) is 2.14. The monoisotopic (exact) mass is 347 g/mol. The highest BCUT2D eigenvalue weighted by Crippen LogP contribution is 2.20. The van der Waals surface area contributed by atoms with Crippen LogP contribution < -0.4 is 10.6 Å². The molecule has 0 spiro atoms. The number of aryl methyl sites for hydroxylation is 2. The van der Waals surface area contributed by atoms with Crippen molar-refractivity contribution < 1.29 is 4.79 Å². The van der Waals surface area contributed by atoms with Gasteiger partial charge in [0.15, 0.2) is 0 Å². The summed E-state index contributed by atoms with van der Waals surface area (Å²) in [5.74, 6) is 0.909. The minimum atomic E-state index is -0.276. The predicted molar refractivity (Wildman–Crippen MR) is 98.0 cm³/mol. The summed E-state index contributed by atoms with van der Waals surface area (Å²) < 4.78 is 0. The molecule has 1 heterocycles. The SMILES string of the molecule is Cc1nc(NCCN(C)C)cc(C(=O)Nc2ccc(Cl)cc2C)n1. The molecule has 0 saturated heterocycles. The predicted octanol–water partition coefficient (Wildman–Crippen LogP) is 2.97. The Kier molecular flexibility index (Phi) is 6.11. The van der Waals surface area contributed by atoms with Gasteiger partial charge in [-0.2, -0.15) is 0 Å². The van der Waals surface area contributed by atoms with E-state index in [1.165, 1.54) is 0 Å². The van der Waals surface area contributed by atoms with E-state index in [0.717, 1.165) is 18.7 Å². The number of likely N-dealkylation sites (N-methyl/N-ethyl adjacent to an activating group) is 1. The van der Waals surface area contributed by atoms with Gasteiger partial charge in [-0.25, -0.2) is 9.97 Å². The average molecular weight is 348 g/mol. The van der Waals surface area contributed by atoms with Gasteiger partial charge in [0.25, 0.3) is 5.91 Å². The number of hydrogen-bond acceptors (Lipinski definition) is 5. The summed E-state index contributed by atoms with van der Waals surface area (Å²) in [6.45, 7) is 5.26. The molecule has 0 aliphatic rings. The van der Waals surface area contributed by atoms with E-state index in [2.05, 4.69) is 25.5 Å². The quantitative estimate of drug-likeness (QED) is 0.840. The highest BCUT2D eigenvalue weighted by atomic mass is 35.5. The maximum absolute atomic E-state index is 12.5. The second kappa shape index (κ2) is 8.08. The van der Waals surface area contributed by atoms with E-state index in [0.29, 0.717) is 28.0 Å². The molecule has 0 bridgehead atoms. The van der Waals surface area contributed by atoms with Gasteiger partial charge in [0.05, 0.1) is 0 Å². The van der Waals surface area contributed by atoms with E-state index in [9.17, 15) is 4.79 Å². The molecule has 2 rings (SSSR count). The number of hydrogen-bond donors (Lipinski definition) is 2. The van der Waals surface area contributed by atoms with Crippen LogP contribution in [0.1, 0.15) is 21.9 Å². The summed E-state index contributed by atoms with van der Waals surface area (Å²) >= 11 is 5.94. The van der Waals surface area contributed by atoms with Crippen molar-refractivity contribution in [3.8, 4) is 0 Å². The largest absolute Gasteiger partial charge is 0.369 e. The number of carbonyl (C=O) groups is 1. The van der Waals surface area contributed by atoms with Crippen molar-refractivity contribution in [3.05, 3.63) is 46.4 Å². The first-order valence-electron chi connectivity index (χ1n) is 7.67. The topological polar surface area (TPSA) is 70.2 Å². The molecular formula is C17H22ClN5O. The van der Waals surface area contributed by atoms with Gasteiger partial charge < -0.3 is 15.5 Å². The number of rotatable bonds is 6. The molecule has 1 aromatic carbocycles. The molecule has 2 aromatic rings. The first kappa shape index (κ1) is 18.2. The molecule has 1 amide bonds. The highest BCUT2D eigenvalue weighted by molar-refractivity contribution is 6.30. The second-order valence-corrected chi connectivity index (χ2v) is 6.27. The lowest BCUT2D eigenvalue weighted by Gasteiger charge is -2.12. The van der Waals surface area contributed by atoms with E-state index < -0.39 is 0 Å². The molecule has 0 unspecified atom stereocenters. The van der Waals surface area contributed by atoms with E-state index in [4.69, 9.17) is 11.6 Å². The maximum atomic E-state index is 12.5. The van der Waals surface area contributed by atoms with Gasteiger partial charge in [-0.3, -0.25) is 4.79 Å². The first-order chi connectivity index (χ1) is 11.3. The van der Waals surface area contributed by atoms with Crippen molar-refractivity contribution in [2.24, 2.45) is 0 Å². The number of halogens is 1. The zero-order valence-electron chi connectivity index (χ0n) is 14.4. The van der Waals surface area contributed by atoms with Crippen LogP contribution in [0.15, 0.2) is 24.3 Å². The van der Waals surface area contributed by atoms with Crippen molar-refractivity contribution in [3.63, 3.8) is 0 Å². The molecule has 0 aliphatic carbocycles. The highest BCUT2D eigenvalue weighted by Gasteiger charge is 2.12.